The Morgan fingerprint density at radius 2 is 1.52 bits per heavy atom. The van der Waals surface area contributed by atoms with Gasteiger partial charge in [0.05, 0.1) is 0 Å². The van der Waals surface area contributed by atoms with Crippen molar-refractivity contribution in [3.63, 3.8) is 0 Å². The van der Waals surface area contributed by atoms with Gasteiger partial charge in [-0.2, -0.15) is 0 Å². The maximum Gasteiger partial charge on any atom is 0.159 e. The highest BCUT2D eigenvalue weighted by Crippen LogP contribution is 2.14. The smallest absolute Gasteiger partial charge is 0.159 e. The van der Waals surface area contributed by atoms with E-state index in [1.165, 1.54) is 57.1 Å². The first-order valence-electron chi connectivity index (χ1n) is 8.33. The van der Waals surface area contributed by atoms with Gasteiger partial charge in [-0.25, -0.2) is 8.78 Å². The first-order valence-corrected chi connectivity index (χ1v) is 8.33. The van der Waals surface area contributed by atoms with Crippen LogP contribution in [0.3, 0.4) is 0 Å². The fraction of sp³-hybridized carbons (Fsp3) is 0.667. The average Bonchev–Trinajstić information content (AvgIpc) is 2.46. The molecule has 0 heterocycles. The molecule has 0 spiro atoms. The second-order valence-electron chi connectivity index (χ2n) is 5.98. The van der Waals surface area contributed by atoms with E-state index in [4.69, 9.17) is 5.73 Å². The number of hydrogen-bond acceptors (Lipinski definition) is 1. The maximum absolute atomic E-state index is 13.1. The van der Waals surface area contributed by atoms with E-state index in [1.54, 1.807) is 6.07 Å². The molecule has 0 fully saturated rings. The molecule has 0 amide bonds. The summed E-state index contributed by atoms with van der Waals surface area (Å²) in [5.74, 6) is -1.58. The average molecular weight is 297 g/mol. The van der Waals surface area contributed by atoms with Gasteiger partial charge >= 0.3 is 0 Å². The van der Waals surface area contributed by atoms with Crippen LogP contribution in [0.2, 0.25) is 0 Å². The van der Waals surface area contributed by atoms with Crippen molar-refractivity contribution in [2.45, 2.75) is 77.2 Å². The fourth-order valence-corrected chi connectivity index (χ4v) is 2.61. The van der Waals surface area contributed by atoms with E-state index in [0.29, 0.717) is 6.42 Å². The van der Waals surface area contributed by atoms with E-state index in [2.05, 4.69) is 6.92 Å². The van der Waals surface area contributed by atoms with E-state index in [0.717, 1.165) is 18.4 Å². The van der Waals surface area contributed by atoms with Crippen LogP contribution in [-0.2, 0) is 6.42 Å². The first kappa shape index (κ1) is 18.1. The summed E-state index contributed by atoms with van der Waals surface area (Å²) < 4.78 is 25.9. The Hall–Kier alpha value is -0.960. The van der Waals surface area contributed by atoms with Crippen molar-refractivity contribution in [1.29, 1.82) is 0 Å². The van der Waals surface area contributed by atoms with Gasteiger partial charge in [-0.3, -0.25) is 0 Å². The van der Waals surface area contributed by atoms with Crippen molar-refractivity contribution in [3.05, 3.63) is 35.4 Å². The monoisotopic (exact) mass is 297 g/mol. The third kappa shape index (κ3) is 8.15. The Kier molecular flexibility index (Phi) is 9.24. The molecule has 1 unspecified atom stereocenters. The number of nitrogens with two attached hydrogens (primary N) is 1. The van der Waals surface area contributed by atoms with Crippen LogP contribution in [0.25, 0.3) is 0 Å². The molecule has 0 aliphatic rings. The lowest BCUT2D eigenvalue weighted by Gasteiger charge is -2.11. The summed E-state index contributed by atoms with van der Waals surface area (Å²) in [5.41, 5.74) is 6.84. The predicted molar refractivity (Wildman–Crippen MR) is 85.3 cm³/mol. The molecule has 120 valence electrons. The van der Waals surface area contributed by atoms with E-state index in [1.807, 2.05) is 0 Å². The highest BCUT2D eigenvalue weighted by Gasteiger charge is 2.07. The van der Waals surface area contributed by atoms with Crippen molar-refractivity contribution in [1.82, 2.24) is 0 Å². The van der Waals surface area contributed by atoms with Crippen molar-refractivity contribution >= 4 is 0 Å². The fourth-order valence-electron chi connectivity index (χ4n) is 2.61. The van der Waals surface area contributed by atoms with Crippen LogP contribution >= 0.6 is 0 Å². The molecular formula is C18H29F2N. The third-order valence-electron chi connectivity index (χ3n) is 3.91. The van der Waals surface area contributed by atoms with Gasteiger partial charge in [-0.15, -0.1) is 0 Å². The molecule has 1 atom stereocenters. The second-order valence-corrected chi connectivity index (χ2v) is 5.98. The molecule has 1 rings (SSSR count). The van der Waals surface area contributed by atoms with Crippen molar-refractivity contribution in [3.8, 4) is 0 Å². The summed E-state index contributed by atoms with van der Waals surface area (Å²) in [7, 11) is 0. The summed E-state index contributed by atoms with van der Waals surface area (Å²) in [6, 6.07) is 4.08. The summed E-state index contributed by atoms with van der Waals surface area (Å²) in [5, 5.41) is 0. The van der Waals surface area contributed by atoms with E-state index in [-0.39, 0.29) is 6.04 Å². The minimum atomic E-state index is -0.796. The molecule has 21 heavy (non-hydrogen) atoms. The van der Waals surface area contributed by atoms with E-state index >= 15 is 0 Å². The molecule has 0 radical (unpaired) electrons. The normalized spacial score (nSPS) is 12.6. The molecular weight excluding hydrogens is 268 g/mol. The molecule has 2 N–H and O–H groups in total. The maximum atomic E-state index is 13.1. The van der Waals surface area contributed by atoms with Crippen molar-refractivity contribution in [2.24, 2.45) is 5.73 Å². The number of unbranched alkanes of at least 4 members (excludes halogenated alkanes) is 7. The van der Waals surface area contributed by atoms with Crippen LogP contribution in [0.5, 0.6) is 0 Å². The Labute approximate surface area is 127 Å². The number of hydrogen-bond donors (Lipinski definition) is 1. The Balaban J connectivity index is 2.08. The van der Waals surface area contributed by atoms with Crippen LogP contribution < -0.4 is 5.73 Å². The SMILES string of the molecule is CCCCCCCCCCC(N)Cc1ccc(F)c(F)c1. The lowest BCUT2D eigenvalue weighted by molar-refractivity contribution is 0.502. The molecule has 0 saturated carbocycles. The highest BCUT2D eigenvalue weighted by atomic mass is 19.2. The highest BCUT2D eigenvalue weighted by molar-refractivity contribution is 5.18. The Morgan fingerprint density at radius 3 is 2.14 bits per heavy atom. The lowest BCUT2D eigenvalue weighted by atomic mass is 10.00. The second kappa shape index (κ2) is 10.7. The van der Waals surface area contributed by atoms with E-state index < -0.39 is 11.6 Å². The van der Waals surface area contributed by atoms with Gasteiger partial charge in [0, 0.05) is 6.04 Å². The topological polar surface area (TPSA) is 26.0 Å². The van der Waals surface area contributed by atoms with Crippen LogP contribution in [0.1, 0.15) is 70.3 Å². The summed E-state index contributed by atoms with van der Waals surface area (Å²) in [4.78, 5) is 0. The van der Waals surface area contributed by atoms with Crippen molar-refractivity contribution in [2.75, 3.05) is 0 Å². The molecule has 1 nitrogen and oxygen atoms in total. The molecule has 3 heteroatoms. The van der Waals surface area contributed by atoms with Gasteiger partial charge in [0.1, 0.15) is 0 Å². The number of rotatable bonds is 11. The molecule has 0 aromatic heterocycles. The summed E-state index contributed by atoms with van der Waals surface area (Å²) in [6.45, 7) is 2.23. The van der Waals surface area contributed by atoms with Gasteiger partial charge in [0.15, 0.2) is 11.6 Å². The zero-order valence-corrected chi connectivity index (χ0v) is 13.2. The third-order valence-corrected chi connectivity index (χ3v) is 3.91. The van der Waals surface area contributed by atoms with Crippen LogP contribution in [-0.4, -0.2) is 6.04 Å². The van der Waals surface area contributed by atoms with Crippen LogP contribution in [0.4, 0.5) is 8.78 Å². The molecule has 0 saturated heterocycles. The standard InChI is InChI=1S/C18H29F2N/c1-2-3-4-5-6-7-8-9-10-16(21)13-15-11-12-17(19)18(20)14-15/h11-12,14,16H,2-10,13,21H2,1H3. The quantitative estimate of drug-likeness (QED) is 0.546. The molecule has 0 aliphatic carbocycles. The number of benzene rings is 1. The zero-order chi connectivity index (χ0) is 15.5. The van der Waals surface area contributed by atoms with Gasteiger partial charge < -0.3 is 5.73 Å². The van der Waals surface area contributed by atoms with Gasteiger partial charge in [0.25, 0.3) is 0 Å². The molecule has 1 aromatic carbocycles. The van der Waals surface area contributed by atoms with Crippen LogP contribution in [0, 0.1) is 11.6 Å². The van der Waals surface area contributed by atoms with Crippen molar-refractivity contribution < 1.29 is 8.78 Å². The lowest BCUT2D eigenvalue weighted by Crippen LogP contribution is -2.22. The van der Waals surface area contributed by atoms with Gasteiger partial charge in [-0.1, -0.05) is 64.4 Å². The number of halogens is 2. The minimum Gasteiger partial charge on any atom is -0.327 e. The van der Waals surface area contributed by atoms with Gasteiger partial charge in [-0.05, 0) is 30.5 Å². The summed E-state index contributed by atoms with van der Waals surface area (Å²) >= 11 is 0. The van der Waals surface area contributed by atoms with Crippen LogP contribution in [0.15, 0.2) is 18.2 Å². The largest absolute Gasteiger partial charge is 0.327 e. The Bertz CT molecular complexity index is 393. The minimum absolute atomic E-state index is 0.0370. The zero-order valence-electron chi connectivity index (χ0n) is 13.2. The molecule has 0 aliphatic heterocycles. The predicted octanol–water partition coefficient (Wildman–Crippen LogP) is 5.37. The summed E-state index contributed by atoms with van der Waals surface area (Å²) in [6.07, 6.45) is 11.8. The van der Waals surface area contributed by atoms with E-state index in [9.17, 15) is 8.78 Å². The molecule has 0 bridgehead atoms. The van der Waals surface area contributed by atoms with Gasteiger partial charge in [0.2, 0.25) is 0 Å². The molecule has 1 aromatic rings. The first-order chi connectivity index (χ1) is 10.1. The Morgan fingerprint density at radius 1 is 0.905 bits per heavy atom.